The second-order valence-electron chi connectivity index (χ2n) is 17.6. The lowest BCUT2D eigenvalue weighted by Gasteiger charge is -2.33. The van der Waals surface area contributed by atoms with E-state index in [-0.39, 0.29) is 55.3 Å². The number of carbonyl (C=O) groups excluding carboxylic acids is 4. The van der Waals surface area contributed by atoms with Gasteiger partial charge in [-0.1, -0.05) is 32.4 Å². The van der Waals surface area contributed by atoms with Crippen LogP contribution in [0.1, 0.15) is 106 Å². The summed E-state index contributed by atoms with van der Waals surface area (Å²) in [6, 6.07) is 6.40. The molecule has 1 N–H and O–H groups in total. The summed E-state index contributed by atoms with van der Waals surface area (Å²) in [5, 5.41) is 0.796. The number of nitrogens with one attached hydrogen (secondary N) is 1. The van der Waals surface area contributed by atoms with Gasteiger partial charge in [-0.15, -0.1) is 0 Å². The van der Waals surface area contributed by atoms with Crippen LogP contribution in [-0.4, -0.2) is 78.0 Å². The van der Waals surface area contributed by atoms with Crippen molar-refractivity contribution in [2.75, 3.05) is 13.7 Å². The summed E-state index contributed by atoms with van der Waals surface area (Å²) >= 11 is 0. The molecule has 2 amide bonds. The van der Waals surface area contributed by atoms with Gasteiger partial charge in [0.1, 0.15) is 23.2 Å². The molecule has 6 rings (SSSR count). The monoisotopic (exact) mass is 779 g/mol. The lowest BCUT2D eigenvalue weighted by molar-refractivity contribution is -0.160. The Kier molecular flexibility index (Phi) is 11.5. The van der Waals surface area contributed by atoms with E-state index in [1.54, 1.807) is 45.9 Å². The SMILES string of the molecule is CC[C@@H]1C[C@H](C)CC/C=C\[C@@H]2C[C@@]2(C(=O)NS(=O)(=O)C2(C)CC2)CC(=O)[C@@H]2C[C@@H](Oc3cnc4ccc(OC)cc4c3)CN2C(=O)[C@H]1CC(=O)OC(C)(C)C. The van der Waals surface area contributed by atoms with E-state index in [2.05, 4.69) is 16.6 Å². The fourth-order valence-corrected chi connectivity index (χ4v) is 9.71. The molecule has 3 fully saturated rings. The molecule has 2 saturated carbocycles. The van der Waals surface area contributed by atoms with Crippen molar-refractivity contribution in [3.63, 3.8) is 0 Å². The quantitative estimate of drug-likeness (QED) is 0.226. The fourth-order valence-electron chi connectivity index (χ4n) is 8.38. The van der Waals surface area contributed by atoms with Crippen molar-refractivity contribution in [3.05, 3.63) is 42.6 Å². The summed E-state index contributed by atoms with van der Waals surface area (Å²) < 4.78 is 45.4. The van der Waals surface area contributed by atoms with E-state index in [4.69, 9.17) is 14.2 Å². The summed E-state index contributed by atoms with van der Waals surface area (Å²) in [5.41, 5.74) is -1.25. The Hall–Kier alpha value is -4.00. The zero-order valence-corrected chi connectivity index (χ0v) is 34.1. The van der Waals surface area contributed by atoms with Gasteiger partial charge >= 0.3 is 5.97 Å². The molecule has 0 unspecified atom stereocenters. The number of fused-ring (bicyclic) bond motifs is 3. The number of aromatic nitrogens is 1. The number of benzene rings is 1. The van der Waals surface area contributed by atoms with E-state index < -0.39 is 55.7 Å². The van der Waals surface area contributed by atoms with Gasteiger partial charge < -0.3 is 19.1 Å². The molecule has 2 aliphatic heterocycles. The first-order valence-corrected chi connectivity index (χ1v) is 21.2. The molecule has 1 aromatic heterocycles. The lowest BCUT2D eigenvalue weighted by atomic mass is 9.79. The second-order valence-corrected chi connectivity index (χ2v) is 19.8. The zero-order chi connectivity index (χ0) is 39.9. The molecule has 2 aliphatic carbocycles. The molecule has 7 atom stereocenters. The molecule has 55 heavy (non-hydrogen) atoms. The van der Waals surface area contributed by atoms with Gasteiger partial charge in [-0.2, -0.15) is 0 Å². The number of ketones is 1. The smallest absolute Gasteiger partial charge is 0.307 e. The highest BCUT2D eigenvalue weighted by atomic mass is 32.2. The van der Waals surface area contributed by atoms with Gasteiger partial charge in [0.25, 0.3) is 0 Å². The third kappa shape index (κ3) is 9.02. The second kappa shape index (κ2) is 15.5. The number of pyridine rings is 1. The third-order valence-corrected chi connectivity index (χ3v) is 14.3. The van der Waals surface area contributed by atoms with E-state index in [1.165, 1.54) is 0 Å². The van der Waals surface area contributed by atoms with Gasteiger partial charge in [0, 0.05) is 18.2 Å². The number of esters is 1. The molecule has 2 aromatic rings. The maximum Gasteiger partial charge on any atom is 0.307 e. The summed E-state index contributed by atoms with van der Waals surface area (Å²) in [6.07, 6.45) is 8.94. The maximum absolute atomic E-state index is 15.0. The minimum Gasteiger partial charge on any atom is -0.497 e. The topological polar surface area (TPSA) is 158 Å². The Morgan fingerprint density at radius 2 is 1.82 bits per heavy atom. The summed E-state index contributed by atoms with van der Waals surface area (Å²) in [4.78, 5) is 63.1. The number of carbonyl (C=O) groups is 4. The van der Waals surface area contributed by atoms with Crippen LogP contribution in [0.4, 0.5) is 0 Å². The van der Waals surface area contributed by atoms with Gasteiger partial charge in [0.2, 0.25) is 21.8 Å². The Morgan fingerprint density at radius 3 is 2.49 bits per heavy atom. The van der Waals surface area contributed by atoms with Gasteiger partial charge in [-0.3, -0.25) is 28.9 Å². The third-order valence-electron chi connectivity index (χ3n) is 12.1. The fraction of sp³-hybridized carbons (Fsp3) is 0.643. The number of hydrogen-bond donors (Lipinski definition) is 1. The van der Waals surface area contributed by atoms with Gasteiger partial charge in [-0.25, -0.2) is 8.42 Å². The van der Waals surface area contributed by atoms with Crippen LogP contribution in [0, 0.1) is 29.1 Å². The van der Waals surface area contributed by atoms with Crippen molar-refractivity contribution in [1.29, 1.82) is 0 Å². The largest absolute Gasteiger partial charge is 0.497 e. The highest BCUT2D eigenvalue weighted by molar-refractivity contribution is 7.91. The molecule has 4 aliphatic rings. The van der Waals surface area contributed by atoms with Crippen LogP contribution in [-0.2, 0) is 33.9 Å². The molecule has 13 heteroatoms. The highest BCUT2D eigenvalue weighted by Gasteiger charge is 2.62. The Labute approximate surface area is 325 Å². The number of amides is 2. The van der Waals surface area contributed by atoms with Crippen LogP contribution in [0.2, 0.25) is 0 Å². The maximum atomic E-state index is 15.0. The number of hydrogen-bond acceptors (Lipinski definition) is 10. The number of Topliss-reactive ketones (excluding diaryl/α,β-unsaturated/α-hetero) is 1. The molecule has 3 heterocycles. The molecule has 0 radical (unpaired) electrons. The molecule has 12 nitrogen and oxygen atoms in total. The number of methoxy groups -OCH3 is 1. The number of ether oxygens (including phenoxy) is 3. The van der Waals surface area contributed by atoms with E-state index >= 15 is 0 Å². The van der Waals surface area contributed by atoms with Crippen LogP contribution in [0.25, 0.3) is 10.9 Å². The van der Waals surface area contributed by atoms with Gasteiger partial charge in [0.15, 0.2) is 5.78 Å². The molecular weight excluding hydrogens is 723 g/mol. The van der Waals surface area contributed by atoms with Crippen LogP contribution in [0.15, 0.2) is 42.6 Å². The van der Waals surface area contributed by atoms with Crippen molar-refractivity contribution >= 4 is 44.5 Å². The number of sulfonamides is 1. The van der Waals surface area contributed by atoms with Crippen molar-refractivity contribution in [1.82, 2.24) is 14.6 Å². The van der Waals surface area contributed by atoms with Gasteiger partial charge in [-0.05, 0) is 108 Å². The van der Waals surface area contributed by atoms with Crippen LogP contribution in [0.3, 0.4) is 0 Å². The predicted octanol–water partition coefficient (Wildman–Crippen LogP) is 6.31. The van der Waals surface area contributed by atoms with Crippen molar-refractivity contribution < 1.29 is 41.8 Å². The first-order chi connectivity index (χ1) is 25.9. The van der Waals surface area contributed by atoms with E-state index in [1.807, 2.05) is 43.3 Å². The molecule has 0 bridgehead atoms. The summed E-state index contributed by atoms with van der Waals surface area (Å²) in [7, 11) is -2.36. The first-order valence-electron chi connectivity index (χ1n) is 19.8. The molecule has 1 saturated heterocycles. The average Bonchev–Trinajstić information content (AvgIpc) is 4.00. The normalized spacial score (nSPS) is 30.3. The van der Waals surface area contributed by atoms with Crippen molar-refractivity contribution in [2.45, 2.75) is 128 Å². The number of allylic oxidation sites excluding steroid dienone is 2. The van der Waals surface area contributed by atoms with E-state index in [0.29, 0.717) is 43.6 Å². The molecule has 1 aromatic carbocycles. The Morgan fingerprint density at radius 1 is 1.09 bits per heavy atom. The van der Waals surface area contributed by atoms with E-state index in [9.17, 15) is 27.6 Å². The number of nitrogens with zero attached hydrogens (tertiary/aromatic N) is 2. The van der Waals surface area contributed by atoms with Crippen LogP contribution < -0.4 is 14.2 Å². The first kappa shape index (κ1) is 40.7. The zero-order valence-electron chi connectivity index (χ0n) is 33.3. The van der Waals surface area contributed by atoms with E-state index in [0.717, 1.165) is 23.7 Å². The Bertz CT molecular complexity index is 1950. The standard InChI is InChI=1S/C42H57N3O9S/c1-8-27-17-26(2)11-9-10-12-29-22-42(29,39(49)44-55(50,51)41(6)15-16-41)23-36(46)35-20-32(25-45(35)38(48)33(27)21-37(47)54-40(3,4)5)53-31-19-28-18-30(52-7)13-14-34(28)43-24-31/h10,12-14,18-19,24,26-27,29,32-33,35H,8-9,11,15-17,20-23,25H2,1-7H3,(H,44,49)/b12-10-/t26-,27-,29-,32-,33+,35+,42-/m1/s1. The number of rotatable bonds is 9. The molecule has 0 spiro atoms. The average molecular weight is 780 g/mol. The van der Waals surface area contributed by atoms with Crippen molar-refractivity contribution in [3.8, 4) is 11.5 Å². The lowest BCUT2D eigenvalue weighted by Crippen LogP contribution is -2.48. The molecular formula is C42H57N3O9S. The van der Waals surface area contributed by atoms with Crippen LogP contribution >= 0.6 is 0 Å². The molecule has 300 valence electrons. The van der Waals surface area contributed by atoms with Crippen LogP contribution in [0.5, 0.6) is 11.5 Å². The summed E-state index contributed by atoms with van der Waals surface area (Å²) in [6.45, 7) is 11.2. The minimum atomic E-state index is -3.95. The van der Waals surface area contributed by atoms with Crippen molar-refractivity contribution in [2.24, 2.45) is 29.1 Å². The minimum absolute atomic E-state index is 0.0808. The summed E-state index contributed by atoms with van der Waals surface area (Å²) in [5.74, 6) is -1.69. The Balaban J connectivity index is 1.35. The predicted molar refractivity (Wildman–Crippen MR) is 208 cm³/mol. The highest BCUT2D eigenvalue weighted by Crippen LogP contribution is 2.57. The van der Waals surface area contributed by atoms with Gasteiger partial charge in [0.05, 0.1) is 53.9 Å².